The molecule has 0 rings (SSSR count). The molecule has 0 aromatic rings. The molecule has 0 spiro atoms. The highest BCUT2D eigenvalue weighted by Gasteiger charge is 2.86. The Morgan fingerprint density at radius 2 is 1.06 bits per heavy atom. The zero-order valence-electron chi connectivity index (χ0n) is 7.30. The lowest BCUT2D eigenvalue weighted by molar-refractivity contribution is -0.528. The largest absolute Gasteiger partial charge is 0.440 e. The van der Waals surface area contributed by atoms with Gasteiger partial charge in [0.25, 0.3) is 0 Å². The van der Waals surface area contributed by atoms with Crippen molar-refractivity contribution in [1.82, 2.24) is 0 Å². The highest BCUT2D eigenvalue weighted by Crippen LogP contribution is 2.54. The van der Waals surface area contributed by atoms with Crippen LogP contribution in [0.2, 0.25) is 0 Å². The SMILES string of the molecule is FCOOC(F)(F)C(F)(C(F)(F)F)C(F)(F)F. The molecule has 0 radical (unpaired) electrons. The lowest BCUT2D eigenvalue weighted by Gasteiger charge is -2.34. The predicted octanol–water partition coefficient (Wildman–Crippen LogP) is 3.29. The second kappa shape index (κ2) is 4.48. The van der Waals surface area contributed by atoms with Crippen LogP contribution in [0.4, 0.5) is 43.9 Å². The maximum Gasteiger partial charge on any atom is 0.440 e. The number of alkyl halides is 10. The van der Waals surface area contributed by atoms with Crippen molar-refractivity contribution in [2.45, 2.75) is 24.1 Å². The first-order valence-corrected chi connectivity index (χ1v) is 3.38. The first kappa shape index (κ1) is 16.2. The molecule has 0 aliphatic rings. The maximum atomic E-state index is 12.6. The molecule has 0 fully saturated rings. The zero-order chi connectivity index (χ0) is 14.1. The molecule has 0 heterocycles. The van der Waals surface area contributed by atoms with Gasteiger partial charge >= 0.3 is 24.1 Å². The van der Waals surface area contributed by atoms with Gasteiger partial charge in [-0.2, -0.15) is 44.9 Å². The van der Waals surface area contributed by atoms with Gasteiger partial charge in [-0.3, -0.25) is 0 Å². The summed E-state index contributed by atoms with van der Waals surface area (Å²) in [6, 6.07) is 0. The molecule has 0 unspecified atom stereocenters. The van der Waals surface area contributed by atoms with Crippen LogP contribution in [-0.4, -0.2) is 31.0 Å². The van der Waals surface area contributed by atoms with E-state index in [0.717, 1.165) is 0 Å². The van der Waals surface area contributed by atoms with Crippen molar-refractivity contribution in [1.29, 1.82) is 0 Å². The summed E-state index contributed by atoms with van der Waals surface area (Å²) in [7, 11) is 0. The van der Waals surface area contributed by atoms with E-state index in [-0.39, 0.29) is 0 Å². The van der Waals surface area contributed by atoms with Gasteiger partial charge in [0.2, 0.25) is 6.86 Å². The second-order valence-electron chi connectivity index (χ2n) is 2.48. The van der Waals surface area contributed by atoms with Gasteiger partial charge in [0, 0.05) is 0 Å². The molecular weight excluding hydrogens is 282 g/mol. The van der Waals surface area contributed by atoms with Crippen LogP contribution in [0.1, 0.15) is 0 Å². The van der Waals surface area contributed by atoms with Crippen LogP contribution in [0.25, 0.3) is 0 Å². The Morgan fingerprint density at radius 3 is 1.29 bits per heavy atom. The van der Waals surface area contributed by atoms with Crippen LogP contribution in [0.5, 0.6) is 0 Å². The normalized spacial score (nSPS) is 15.2. The van der Waals surface area contributed by atoms with Gasteiger partial charge < -0.3 is 0 Å². The van der Waals surface area contributed by atoms with E-state index in [9.17, 15) is 43.9 Å². The first-order valence-electron chi connectivity index (χ1n) is 3.38. The van der Waals surface area contributed by atoms with Gasteiger partial charge in [-0.05, 0) is 0 Å². The molecule has 0 atom stereocenters. The van der Waals surface area contributed by atoms with Crippen molar-refractivity contribution in [3.8, 4) is 0 Å². The molecule has 0 aliphatic heterocycles. The van der Waals surface area contributed by atoms with Gasteiger partial charge in [0.15, 0.2) is 0 Å². The highest BCUT2D eigenvalue weighted by atomic mass is 19.4. The molecule has 0 bridgehead atoms. The standard InChI is InChI=1S/C5H2F10O2/c6-1-16-17-5(14,15)2(7,3(8,9)10)4(11,12)13/h1H2. The molecule has 0 aromatic carbocycles. The fraction of sp³-hybridized carbons (Fsp3) is 1.00. The number of hydrogen-bond acceptors (Lipinski definition) is 2. The average Bonchev–Trinajstić information content (AvgIpc) is 2.09. The summed E-state index contributed by atoms with van der Waals surface area (Å²) in [5.74, 6) is 0. The van der Waals surface area contributed by atoms with Crippen molar-refractivity contribution in [3.63, 3.8) is 0 Å². The monoisotopic (exact) mass is 284 g/mol. The van der Waals surface area contributed by atoms with Crippen LogP contribution < -0.4 is 0 Å². The van der Waals surface area contributed by atoms with E-state index in [0.29, 0.717) is 0 Å². The van der Waals surface area contributed by atoms with Gasteiger partial charge in [-0.25, -0.2) is 8.78 Å². The molecule has 2 nitrogen and oxygen atoms in total. The molecular formula is C5H2F10O2. The lowest BCUT2D eigenvalue weighted by atomic mass is 10.0. The Kier molecular flexibility index (Phi) is 4.27. The highest BCUT2D eigenvalue weighted by molar-refractivity contribution is 5.01. The third kappa shape index (κ3) is 2.73. The van der Waals surface area contributed by atoms with Crippen LogP contribution in [0.3, 0.4) is 0 Å². The number of hydrogen-bond donors (Lipinski definition) is 0. The van der Waals surface area contributed by atoms with E-state index in [1.807, 2.05) is 0 Å². The van der Waals surface area contributed by atoms with E-state index < -0.39 is 31.0 Å². The van der Waals surface area contributed by atoms with Gasteiger partial charge in [0.05, 0.1) is 0 Å². The smallest absolute Gasteiger partial charge is 0.217 e. The third-order valence-electron chi connectivity index (χ3n) is 1.39. The minimum absolute atomic E-state index is 2.17. The third-order valence-corrected chi connectivity index (χ3v) is 1.39. The Bertz CT molecular complexity index is 240. The second-order valence-corrected chi connectivity index (χ2v) is 2.48. The minimum Gasteiger partial charge on any atom is -0.217 e. The fourth-order valence-electron chi connectivity index (χ4n) is 0.644. The van der Waals surface area contributed by atoms with E-state index in [4.69, 9.17) is 0 Å². The number of rotatable bonds is 4. The summed E-state index contributed by atoms with van der Waals surface area (Å²) in [6.07, 6.45) is -20.6. The molecule has 0 amide bonds. The summed E-state index contributed by atoms with van der Waals surface area (Å²) in [6.45, 7) is -2.30. The fourth-order valence-corrected chi connectivity index (χ4v) is 0.644. The first-order chi connectivity index (χ1) is 7.31. The molecule has 0 N–H and O–H groups in total. The predicted molar refractivity (Wildman–Crippen MR) is 29.0 cm³/mol. The van der Waals surface area contributed by atoms with Crippen molar-refractivity contribution in [2.75, 3.05) is 6.86 Å². The van der Waals surface area contributed by atoms with E-state index in [1.165, 1.54) is 0 Å². The van der Waals surface area contributed by atoms with Crippen LogP contribution in [-0.2, 0) is 9.78 Å². The van der Waals surface area contributed by atoms with Crippen molar-refractivity contribution < 1.29 is 53.7 Å². The molecule has 0 aliphatic carbocycles. The van der Waals surface area contributed by atoms with Crippen LogP contribution in [0.15, 0.2) is 0 Å². The Morgan fingerprint density at radius 1 is 0.706 bits per heavy atom. The average molecular weight is 284 g/mol. The quantitative estimate of drug-likeness (QED) is 0.448. The summed E-state index contributed by atoms with van der Waals surface area (Å²) in [4.78, 5) is 4.75. The van der Waals surface area contributed by atoms with Crippen LogP contribution in [0, 0.1) is 0 Å². The van der Waals surface area contributed by atoms with Crippen molar-refractivity contribution in [2.24, 2.45) is 0 Å². The number of halogens is 10. The van der Waals surface area contributed by atoms with Gasteiger partial charge in [0.1, 0.15) is 0 Å². The zero-order valence-corrected chi connectivity index (χ0v) is 7.30. The topological polar surface area (TPSA) is 18.5 Å². The molecule has 17 heavy (non-hydrogen) atoms. The Balaban J connectivity index is 5.49. The molecule has 0 aromatic heterocycles. The van der Waals surface area contributed by atoms with Gasteiger partial charge in [-0.1, -0.05) is 0 Å². The summed E-state index contributed by atoms with van der Waals surface area (Å²) < 4.78 is 119. The van der Waals surface area contributed by atoms with Crippen molar-refractivity contribution >= 4 is 0 Å². The summed E-state index contributed by atoms with van der Waals surface area (Å²) in [5, 5.41) is 0. The van der Waals surface area contributed by atoms with Gasteiger partial charge in [-0.15, -0.1) is 0 Å². The van der Waals surface area contributed by atoms with E-state index in [1.54, 1.807) is 0 Å². The molecule has 104 valence electrons. The molecule has 12 heteroatoms. The lowest BCUT2D eigenvalue weighted by Crippen LogP contribution is -2.65. The maximum absolute atomic E-state index is 12.6. The Labute approximate surface area is 86.0 Å². The summed E-state index contributed by atoms with van der Waals surface area (Å²) >= 11 is 0. The Hall–Kier alpha value is -0.780. The summed E-state index contributed by atoms with van der Waals surface area (Å²) in [5.41, 5.74) is -7.03. The van der Waals surface area contributed by atoms with E-state index >= 15 is 0 Å². The van der Waals surface area contributed by atoms with Crippen LogP contribution >= 0.6 is 0 Å². The van der Waals surface area contributed by atoms with E-state index in [2.05, 4.69) is 9.78 Å². The minimum atomic E-state index is -7.05. The molecule has 0 saturated carbocycles. The molecule has 0 saturated heterocycles. The van der Waals surface area contributed by atoms with Crippen molar-refractivity contribution in [3.05, 3.63) is 0 Å².